The molecule has 0 bridgehead atoms. The van der Waals surface area contributed by atoms with Crippen molar-refractivity contribution in [3.8, 4) is 0 Å². The molecule has 3 unspecified atom stereocenters. The smallest absolute Gasteiger partial charge is 0.237 e. The number of rotatable bonds is 4. The third-order valence-electron chi connectivity index (χ3n) is 5.65. The minimum atomic E-state index is 0.0757. The molecule has 2 heterocycles. The fraction of sp³-hybridized carbons (Fsp3) is 0.941. The lowest BCUT2D eigenvalue weighted by molar-refractivity contribution is -0.123. The largest absolute Gasteiger partial charge is 0.352 e. The summed E-state index contributed by atoms with van der Waals surface area (Å²) >= 11 is 0. The number of carbonyl (C=O) groups is 1. The van der Waals surface area contributed by atoms with Gasteiger partial charge in [0.25, 0.3) is 0 Å². The van der Waals surface area contributed by atoms with Gasteiger partial charge in [-0.15, -0.1) is 0 Å². The van der Waals surface area contributed by atoms with E-state index in [9.17, 15) is 4.79 Å². The fourth-order valence-corrected chi connectivity index (χ4v) is 4.44. The second kappa shape index (κ2) is 7.10. The zero-order valence-corrected chi connectivity index (χ0v) is 13.4. The predicted octanol–water partition coefficient (Wildman–Crippen LogP) is 1.90. The Kier molecular flexibility index (Phi) is 5.17. The van der Waals surface area contributed by atoms with Crippen molar-refractivity contribution >= 4 is 5.91 Å². The van der Waals surface area contributed by atoms with Gasteiger partial charge in [-0.2, -0.15) is 0 Å². The van der Waals surface area contributed by atoms with E-state index in [0.717, 1.165) is 38.3 Å². The van der Waals surface area contributed by atoms with Crippen molar-refractivity contribution in [2.24, 2.45) is 5.92 Å². The van der Waals surface area contributed by atoms with E-state index >= 15 is 0 Å². The van der Waals surface area contributed by atoms with E-state index < -0.39 is 0 Å². The first kappa shape index (κ1) is 15.3. The molecule has 21 heavy (non-hydrogen) atoms. The maximum Gasteiger partial charge on any atom is 0.237 e. The molecule has 1 amide bonds. The first-order valence-electron chi connectivity index (χ1n) is 9.05. The van der Waals surface area contributed by atoms with Gasteiger partial charge in [0.15, 0.2) is 0 Å². The minimum absolute atomic E-state index is 0.0757. The van der Waals surface area contributed by atoms with Crippen molar-refractivity contribution in [1.29, 1.82) is 0 Å². The van der Waals surface area contributed by atoms with E-state index in [2.05, 4.69) is 22.5 Å². The van der Waals surface area contributed by atoms with Gasteiger partial charge in [0.2, 0.25) is 5.91 Å². The van der Waals surface area contributed by atoms with Gasteiger partial charge < -0.3 is 15.5 Å². The molecule has 0 radical (unpaired) electrons. The standard InChI is InChI=1S/C17H31N3O/c1-2-9-20-10-7-14(8-11-20)18-17(21)16-12-13-5-3-4-6-15(13)19-16/h13-16,19H,2-12H2,1H3,(H,18,21). The van der Waals surface area contributed by atoms with Crippen LogP contribution in [0.5, 0.6) is 0 Å². The molecule has 0 spiro atoms. The summed E-state index contributed by atoms with van der Waals surface area (Å²) in [4.78, 5) is 15.0. The Morgan fingerprint density at radius 1 is 1.19 bits per heavy atom. The highest BCUT2D eigenvalue weighted by Crippen LogP contribution is 2.33. The summed E-state index contributed by atoms with van der Waals surface area (Å²) in [6.45, 7) is 5.72. The lowest BCUT2D eigenvalue weighted by Gasteiger charge is -2.32. The molecular weight excluding hydrogens is 262 g/mol. The van der Waals surface area contributed by atoms with Gasteiger partial charge in [-0.3, -0.25) is 4.79 Å². The van der Waals surface area contributed by atoms with Gasteiger partial charge in [-0.1, -0.05) is 19.8 Å². The first-order valence-corrected chi connectivity index (χ1v) is 9.05. The van der Waals surface area contributed by atoms with E-state index in [-0.39, 0.29) is 11.9 Å². The van der Waals surface area contributed by atoms with Crippen molar-refractivity contribution in [3.63, 3.8) is 0 Å². The molecule has 1 saturated carbocycles. The maximum atomic E-state index is 12.5. The van der Waals surface area contributed by atoms with Crippen LogP contribution in [0.1, 0.15) is 58.3 Å². The number of carbonyl (C=O) groups excluding carboxylic acids is 1. The molecular formula is C17H31N3O. The number of amides is 1. The van der Waals surface area contributed by atoms with Crippen LogP contribution in [0, 0.1) is 5.92 Å². The molecule has 3 rings (SSSR count). The Hall–Kier alpha value is -0.610. The molecule has 2 aliphatic heterocycles. The van der Waals surface area contributed by atoms with Gasteiger partial charge >= 0.3 is 0 Å². The van der Waals surface area contributed by atoms with E-state index in [0.29, 0.717) is 12.1 Å². The molecule has 4 nitrogen and oxygen atoms in total. The lowest BCUT2D eigenvalue weighted by atomic mass is 9.85. The number of piperidine rings is 1. The number of likely N-dealkylation sites (tertiary alicyclic amines) is 1. The van der Waals surface area contributed by atoms with Gasteiger partial charge in [-0.25, -0.2) is 0 Å². The molecule has 3 atom stereocenters. The van der Waals surface area contributed by atoms with Crippen LogP contribution < -0.4 is 10.6 Å². The number of fused-ring (bicyclic) bond motifs is 1. The van der Waals surface area contributed by atoms with E-state index in [4.69, 9.17) is 0 Å². The van der Waals surface area contributed by atoms with Gasteiger partial charge in [0, 0.05) is 25.2 Å². The predicted molar refractivity (Wildman–Crippen MR) is 85.2 cm³/mol. The van der Waals surface area contributed by atoms with Crippen molar-refractivity contribution in [3.05, 3.63) is 0 Å². The highest BCUT2D eigenvalue weighted by Gasteiger charge is 2.38. The number of nitrogens with zero attached hydrogens (tertiary/aromatic N) is 1. The summed E-state index contributed by atoms with van der Waals surface area (Å²) in [6, 6.07) is 1.09. The molecule has 3 fully saturated rings. The second-order valence-corrected chi connectivity index (χ2v) is 7.23. The molecule has 3 aliphatic rings. The van der Waals surface area contributed by atoms with Gasteiger partial charge in [0.05, 0.1) is 6.04 Å². The van der Waals surface area contributed by atoms with E-state index in [1.54, 1.807) is 0 Å². The zero-order valence-electron chi connectivity index (χ0n) is 13.4. The van der Waals surface area contributed by atoms with Crippen molar-refractivity contribution in [2.45, 2.75) is 76.4 Å². The topological polar surface area (TPSA) is 44.4 Å². The molecule has 4 heteroatoms. The summed E-state index contributed by atoms with van der Waals surface area (Å²) in [5, 5.41) is 6.89. The van der Waals surface area contributed by atoms with Crippen molar-refractivity contribution in [1.82, 2.24) is 15.5 Å². The Bertz CT molecular complexity index is 338. The number of hydrogen-bond acceptors (Lipinski definition) is 3. The van der Waals surface area contributed by atoms with Crippen LogP contribution in [0.25, 0.3) is 0 Å². The second-order valence-electron chi connectivity index (χ2n) is 7.23. The molecule has 2 saturated heterocycles. The maximum absolute atomic E-state index is 12.5. The Labute approximate surface area is 129 Å². The van der Waals surface area contributed by atoms with Crippen LogP contribution in [-0.4, -0.2) is 48.6 Å². The van der Waals surface area contributed by atoms with Crippen LogP contribution in [0.4, 0.5) is 0 Å². The lowest BCUT2D eigenvalue weighted by Crippen LogP contribution is -2.50. The Morgan fingerprint density at radius 3 is 2.67 bits per heavy atom. The average molecular weight is 293 g/mol. The van der Waals surface area contributed by atoms with Crippen molar-refractivity contribution < 1.29 is 4.79 Å². The van der Waals surface area contributed by atoms with Crippen LogP contribution in [0.2, 0.25) is 0 Å². The summed E-state index contributed by atoms with van der Waals surface area (Å²) in [5.74, 6) is 1.01. The fourth-order valence-electron chi connectivity index (χ4n) is 4.44. The molecule has 120 valence electrons. The van der Waals surface area contributed by atoms with Crippen LogP contribution >= 0.6 is 0 Å². The SMILES string of the molecule is CCCN1CCC(NC(=O)C2CC3CCCCC3N2)CC1. The molecule has 0 aromatic rings. The highest BCUT2D eigenvalue weighted by atomic mass is 16.2. The summed E-state index contributed by atoms with van der Waals surface area (Å²) in [5.41, 5.74) is 0. The normalized spacial score (nSPS) is 34.6. The minimum Gasteiger partial charge on any atom is -0.352 e. The third kappa shape index (κ3) is 3.78. The van der Waals surface area contributed by atoms with Gasteiger partial charge in [-0.05, 0) is 51.0 Å². The molecule has 1 aliphatic carbocycles. The van der Waals surface area contributed by atoms with Crippen molar-refractivity contribution in [2.75, 3.05) is 19.6 Å². The van der Waals surface area contributed by atoms with E-state index in [1.807, 2.05) is 0 Å². The van der Waals surface area contributed by atoms with E-state index in [1.165, 1.54) is 38.6 Å². The van der Waals surface area contributed by atoms with Crippen LogP contribution in [0.15, 0.2) is 0 Å². The molecule has 0 aromatic carbocycles. The van der Waals surface area contributed by atoms with Crippen LogP contribution in [-0.2, 0) is 4.79 Å². The van der Waals surface area contributed by atoms with Crippen LogP contribution in [0.3, 0.4) is 0 Å². The third-order valence-corrected chi connectivity index (χ3v) is 5.65. The monoisotopic (exact) mass is 293 g/mol. The highest BCUT2D eigenvalue weighted by molar-refractivity contribution is 5.82. The van der Waals surface area contributed by atoms with Gasteiger partial charge in [0.1, 0.15) is 0 Å². The summed E-state index contributed by atoms with van der Waals surface area (Å²) in [6.07, 6.45) is 9.79. The quantitative estimate of drug-likeness (QED) is 0.832. The zero-order chi connectivity index (χ0) is 14.7. The Balaban J connectivity index is 1.42. The number of nitrogens with one attached hydrogen (secondary N) is 2. The average Bonchev–Trinajstić information content (AvgIpc) is 2.94. The summed E-state index contributed by atoms with van der Waals surface area (Å²) in [7, 11) is 0. The first-order chi connectivity index (χ1) is 10.3. The summed E-state index contributed by atoms with van der Waals surface area (Å²) < 4.78 is 0. The molecule has 2 N–H and O–H groups in total. The Morgan fingerprint density at radius 2 is 1.95 bits per heavy atom. The number of hydrogen-bond donors (Lipinski definition) is 2. The molecule has 0 aromatic heterocycles.